The van der Waals surface area contributed by atoms with Gasteiger partial charge in [-0.05, 0) is 86.8 Å². The van der Waals surface area contributed by atoms with Crippen LogP contribution >= 0.6 is 0 Å². The molecule has 7 heteroatoms. The molecule has 0 aromatic heterocycles. The van der Waals surface area contributed by atoms with Crippen molar-refractivity contribution in [1.29, 1.82) is 0 Å². The van der Waals surface area contributed by atoms with Crippen molar-refractivity contribution in [2.24, 2.45) is 5.92 Å². The summed E-state index contributed by atoms with van der Waals surface area (Å²) in [5, 5.41) is 0. The normalized spacial score (nSPS) is 17.6. The molecule has 1 saturated carbocycles. The Balaban J connectivity index is 1.36. The van der Waals surface area contributed by atoms with Crippen LogP contribution in [0.2, 0.25) is 0 Å². The van der Waals surface area contributed by atoms with Crippen LogP contribution in [0.1, 0.15) is 51.0 Å². The van der Waals surface area contributed by atoms with Gasteiger partial charge < -0.3 is 14.2 Å². The maximum absolute atomic E-state index is 15.1. The Bertz CT molecular complexity index is 1170. The van der Waals surface area contributed by atoms with Crippen LogP contribution in [0.15, 0.2) is 48.5 Å². The van der Waals surface area contributed by atoms with Crippen LogP contribution in [0.25, 0.3) is 11.1 Å². The van der Waals surface area contributed by atoms with Gasteiger partial charge in [-0.1, -0.05) is 24.3 Å². The van der Waals surface area contributed by atoms with E-state index in [2.05, 4.69) is 0 Å². The van der Waals surface area contributed by atoms with E-state index in [9.17, 15) is 13.2 Å². The third-order valence-corrected chi connectivity index (χ3v) is 6.66. The van der Waals surface area contributed by atoms with Gasteiger partial charge in [0.15, 0.2) is 23.1 Å². The van der Waals surface area contributed by atoms with Gasteiger partial charge in [-0.2, -0.15) is 8.78 Å². The molecule has 3 aromatic rings. The van der Waals surface area contributed by atoms with E-state index in [1.54, 1.807) is 43.3 Å². The van der Waals surface area contributed by atoms with Crippen LogP contribution in [-0.4, -0.2) is 19.8 Å². The molecule has 0 bridgehead atoms. The first-order valence-electron chi connectivity index (χ1n) is 12.4. The van der Waals surface area contributed by atoms with Gasteiger partial charge in [0.25, 0.3) is 0 Å². The second-order valence-corrected chi connectivity index (χ2v) is 8.94. The summed E-state index contributed by atoms with van der Waals surface area (Å²) >= 11 is 0. The predicted molar refractivity (Wildman–Crippen MR) is 131 cm³/mol. The van der Waals surface area contributed by atoms with Crippen molar-refractivity contribution in [2.45, 2.75) is 45.4 Å². The molecular formula is C29H30F4O3. The van der Waals surface area contributed by atoms with Gasteiger partial charge in [0, 0.05) is 5.56 Å². The SMILES string of the molecule is CCOc1ccc(-c2ccc(C3CCC(COc4ccc(OCC)c(F)c4F)CC3)c(F)c2F)cc1. The molecule has 3 nitrogen and oxygen atoms in total. The minimum absolute atomic E-state index is 0.107. The van der Waals surface area contributed by atoms with E-state index in [4.69, 9.17) is 14.2 Å². The number of ether oxygens (including phenoxy) is 3. The largest absolute Gasteiger partial charge is 0.494 e. The first-order valence-corrected chi connectivity index (χ1v) is 12.4. The summed E-state index contributed by atoms with van der Waals surface area (Å²) in [5.41, 5.74) is 1.17. The average molecular weight is 503 g/mol. The molecule has 3 aromatic carbocycles. The molecule has 1 fully saturated rings. The molecule has 0 saturated heterocycles. The van der Waals surface area contributed by atoms with E-state index >= 15 is 4.39 Å². The van der Waals surface area contributed by atoms with Crippen LogP contribution in [0.4, 0.5) is 17.6 Å². The van der Waals surface area contributed by atoms with Crippen LogP contribution in [0.5, 0.6) is 17.2 Å². The molecule has 0 N–H and O–H groups in total. The van der Waals surface area contributed by atoms with E-state index in [0.29, 0.717) is 49.2 Å². The second kappa shape index (κ2) is 11.7. The van der Waals surface area contributed by atoms with Crippen LogP contribution in [-0.2, 0) is 0 Å². The molecule has 4 rings (SSSR count). The first kappa shape index (κ1) is 25.9. The highest BCUT2D eigenvalue weighted by molar-refractivity contribution is 5.65. The van der Waals surface area contributed by atoms with Crippen molar-refractivity contribution < 1.29 is 31.8 Å². The summed E-state index contributed by atoms with van der Waals surface area (Å²) in [5.74, 6) is -3.42. The number of rotatable bonds is 9. The van der Waals surface area contributed by atoms with Crippen LogP contribution in [0.3, 0.4) is 0 Å². The van der Waals surface area contributed by atoms with E-state index in [1.165, 1.54) is 12.1 Å². The monoisotopic (exact) mass is 502 g/mol. The topological polar surface area (TPSA) is 27.7 Å². The molecule has 192 valence electrons. The fraction of sp³-hybridized carbons (Fsp3) is 0.379. The van der Waals surface area contributed by atoms with E-state index < -0.39 is 23.3 Å². The highest BCUT2D eigenvalue weighted by Gasteiger charge is 2.27. The number of benzene rings is 3. The molecule has 0 heterocycles. The third kappa shape index (κ3) is 5.61. The zero-order valence-corrected chi connectivity index (χ0v) is 20.5. The molecule has 1 aliphatic carbocycles. The molecule has 36 heavy (non-hydrogen) atoms. The lowest BCUT2D eigenvalue weighted by atomic mass is 9.78. The van der Waals surface area contributed by atoms with Crippen molar-refractivity contribution in [3.8, 4) is 28.4 Å². The molecule has 0 amide bonds. The summed E-state index contributed by atoms with van der Waals surface area (Å²) in [6, 6.07) is 12.9. The lowest BCUT2D eigenvalue weighted by Crippen LogP contribution is -2.20. The van der Waals surface area contributed by atoms with Gasteiger partial charge >= 0.3 is 0 Å². The molecule has 0 atom stereocenters. The van der Waals surface area contributed by atoms with Gasteiger partial charge in [-0.3, -0.25) is 0 Å². The fourth-order valence-electron chi connectivity index (χ4n) is 4.74. The number of halogens is 4. The van der Waals surface area contributed by atoms with Gasteiger partial charge in [0.1, 0.15) is 5.75 Å². The molecule has 0 spiro atoms. The predicted octanol–water partition coefficient (Wildman–Crippen LogP) is 8.06. The molecule has 1 aliphatic rings. The maximum atomic E-state index is 15.1. The Kier molecular flexibility index (Phi) is 8.39. The van der Waals surface area contributed by atoms with Gasteiger partial charge in [-0.15, -0.1) is 0 Å². The minimum atomic E-state index is -1.07. The van der Waals surface area contributed by atoms with Crippen molar-refractivity contribution >= 4 is 0 Å². The molecule has 0 aliphatic heterocycles. The third-order valence-electron chi connectivity index (χ3n) is 6.66. The Hall–Kier alpha value is -3.22. The number of hydrogen-bond donors (Lipinski definition) is 0. The summed E-state index contributed by atoms with van der Waals surface area (Å²) in [6.45, 7) is 4.56. The lowest BCUT2D eigenvalue weighted by Gasteiger charge is -2.29. The second-order valence-electron chi connectivity index (χ2n) is 8.94. The van der Waals surface area contributed by atoms with Crippen LogP contribution in [0, 0.1) is 29.2 Å². The zero-order valence-electron chi connectivity index (χ0n) is 20.5. The van der Waals surface area contributed by atoms with E-state index in [-0.39, 0.29) is 42.1 Å². The highest BCUT2D eigenvalue weighted by atomic mass is 19.2. The maximum Gasteiger partial charge on any atom is 0.204 e. The zero-order chi connectivity index (χ0) is 25.7. The quantitative estimate of drug-likeness (QED) is 0.277. The first-order chi connectivity index (χ1) is 17.4. The lowest BCUT2D eigenvalue weighted by molar-refractivity contribution is 0.191. The van der Waals surface area contributed by atoms with Gasteiger partial charge in [0.2, 0.25) is 11.6 Å². The van der Waals surface area contributed by atoms with Gasteiger partial charge in [0.05, 0.1) is 19.8 Å². The standard InChI is InChI=1S/C29H30F4O3/c1-3-34-21-11-9-20(10-12-21)23-14-13-22(26(30)27(23)31)19-7-5-18(6-8-19)17-36-25-16-15-24(35-4-2)28(32)29(25)33/h9-16,18-19H,3-8,17H2,1-2H3. The van der Waals surface area contributed by atoms with Crippen LogP contribution < -0.4 is 14.2 Å². The van der Waals surface area contributed by atoms with Crippen molar-refractivity contribution in [2.75, 3.05) is 19.8 Å². The van der Waals surface area contributed by atoms with Crippen molar-refractivity contribution in [1.82, 2.24) is 0 Å². The van der Waals surface area contributed by atoms with Crippen molar-refractivity contribution in [3.05, 3.63) is 77.4 Å². The summed E-state index contributed by atoms with van der Waals surface area (Å²) < 4.78 is 74.4. The van der Waals surface area contributed by atoms with Crippen molar-refractivity contribution in [3.63, 3.8) is 0 Å². The molecular weight excluding hydrogens is 472 g/mol. The summed E-state index contributed by atoms with van der Waals surface area (Å²) in [4.78, 5) is 0. The van der Waals surface area contributed by atoms with Gasteiger partial charge in [-0.25, -0.2) is 8.78 Å². The Morgan fingerprint density at radius 2 is 1.25 bits per heavy atom. The molecule has 0 radical (unpaired) electrons. The summed E-state index contributed by atoms with van der Waals surface area (Å²) in [6.07, 6.45) is 2.75. The summed E-state index contributed by atoms with van der Waals surface area (Å²) in [7, 11) is 0. The van der Waals surface area contributed by atoms with E-state index in [1.807, 2.05) is 6.92 Å². The Morgan fingerprint density at radius 1 is 0.639 bits per heavy atom. The Labute approximate surface area is 209 Å². The highest BCUT2D eigenvalue weighted by Crippen LogP contribution is 2.39. The van der Waals surface area contributed by atoms with E-state index in [0.717, 1.165) is 0 Å². The molecule has 0 unspecified atom stereocenters. The Morgan fingerprint density at radius 3 is 1.86 bits per heavy atom. The number of hydrogen-bond acceptors (Lipinski definition) is 3. The smallest absolute Gasteiger partial charge is 0.204 e. The fourth-order valence-corrected chi connectivity index (χ4v) is 4.74. The average Bonchev–Trinajstić information content (AvgIpc) is 2.89. The minimum Gasteiger partial charge on any atom is -0.494 e.